The number of para-hydroxylation sites is 2. The molecule has 2 amide bonds. The number of carbonyl (C=O) groups excluding carboxylic acids is 3. The van der Waals surface area contributed by atoms with Gasteiger partial charge in [-0.25, -0.2) is 0 Å². The number of benzene rings is 3. The zero-order valence-corrected chi connectivity index (χ0v) is 19.5. The van der Waals surface area contributed by atoms with Gasteiger partial charge < -0.3 is 15.7 Å². The summed E-state index contributed by atoms with van der Waals surface area (Å²) in [5, 5.41) is 28.2. The number of nitro benzene ring substituents is 1. The van der Waals surface area contributed by atoms with Crippen LogP contribution in [0.5, 0.6) is 0 Å². The van der Waals surface area contributed by atoms with Crippen molar-refractivity contribution in [3.8, 4) is 0 Å². The van der Waals surface area contributed by atoms with E-state index in [0.29, 0.717) is 11.4 Å². The summed E-state index contributed by atoms with van der Waals surface area (Å²) in [4.78, 5) is 51.2. The molecule has 1 aliphatic rings. The Labute approximate surface area is 207 Å². The van der Waals surface area contributed by atoms with Crippen molar-refractivity contribution in [1.82, 2.24) is 0 Å². The van der Waals surface area contributed by atoms with Gasteiger partial charge in [0.1, 0.15) is 11.7 Å². The first-order chi connectivity index (χ1) is 17.2. The van der Waals surface area contributed by atoms with E-state index in [9.17, 15) is 29.6 Å². The summed E-state index contributed by atoms with van der Waals surface area (Å²) in [6.45, 7) is 1.37. The number of rotatable bonds is 6. The number of ketones is 1. The van der Waals surface area contributed by atoms with Gasteiger partial charge in [-0.05, 0) is 36.8 Å². The largest absolute Gasteiger partial charge is 0.389 e. The number of Topliss-reactive ketones (excluding diaryl/α,β-unsaturated/α-hetero) is 1. The number of non-ortho nitro benzene ring substituents is 1. The predicted octanol–water partition coefficient (Wildman–Crippen LogP) is 3.91. The Hall–Kier alpha value is -4.37. The third kappa shape index (κ3) is 5.16. The van der Waals surface area contributed by atoms with Crippen molar-refractivity contribution in [2.75, 3.05) is 10.6 Å². The van der Waals surface area contributed by atoms with E-state index in [1.54, 1.807) is 60.7 Å². The van der Waals surface area contributed by atoms with Crippen molar-refractivity contribution >= 4 is 34.7 Å². The summed E-state index contributed by atoms with van der Waals surface area (Å²) in [6.07, 6.45) is -0.432. The van der Waals surface area contributed by atoms with Crippen LogP contribution in [0.25, 0.3) is 0 Å². The number of hydrogen-bond donors (Lipinski definition) is 3. The maximum absolute atomic E-state index is 13.6. The molecule has 0 bridgehead atoms. The monoisotopic (exact) mass is 487 g/mol. The van der Waals surface area contributed by atoms with Crippen LogP contribution in [0.1, 0.15) is 24.8 Å². The molecule has 0 spiro atoms. The fourth-order valence-electron chi connectivity index (χ4n) is 4.82. The molecule has 3 N–H and O–H groups in total. The Bertz CT molecular complexity index is 1290. The van der Waals surface area contributed by atoms with Crippen LogP contribution in [0.15, 0.2) is 84.9 Å². The van der Waals surface area contributed by atoms with E-state index in [0.717, 1.165) is 0 Å². The lowest BCUT2D eigenvalue weighted by Crippen LogP contribution is -2.56. The van der Waals surface area contributed by atoms with Crippen LogP contribution in [-0.4, -0.2) is 33.2 Å². The second-order valence-corrected chi connectivity index (χ2v) is 9.04. The van der Waals surface area contributed by atoms with Crippen LogP contribution >= 0.6 is 0 Å². The first kappa shape index (κ1) is 24.7. The van der Waals surface area contributed by atoms with Gasteiger partial charge in [-0.2, -0.15) is 0 Å². The number of nitrogens with one attached hydrogen (secondary N) is 2. The zero-order valence-electron chi connectivity index (χ0n) is 19.5. The standard InChI is InChI=1S/C27H25N3O6/c1-27(34)16-21(31)23(25(32)28-18-10-4-2-5-11-18)22(17-9-8-14-20(15-17)30(35)36)24(27)26(33)29-19-12-6-3-7-13-19/h2-15,22-24,34H,16H2,1H3,(H,28,32)(H,29,33). The van der Waals surface area contributed by atoms with Crippen molar-refractivity contribution in [2.45, 2.75) is 24.9 Å². The van der Waals surface area contributed by atoms with E-state index >= 15 is 0 Å². The summed E-state index contributed by atoms with van der Waals surface area (Å²) in [5.41, 5.74) is -0.906. The Balaban J connectivity index is 1.81. The molecule has 4 rings (SSSR count). The Morgan fingerprint density at radius 3 is 2.03 bits per heavy atom. The SMILES string of the molecule is CC1(O)CC(=O)C(C(=O)Nc2ccccc2)C(c2cccc([N+](=O)[O-])c2)C1C(=O)Nc1ccccc1. The van der Waals surface area contributed by atoms with Gasteiger partial charge in [-0.15, -0.1) is 0 Å². The van der Waals surface area contributed by atoms with Crippen molar-refractivity contribution < 1.29 is 24.4 Å². The third-order valence-corrected chi connectivity index (χ3v) is 6.38. The minimum atomic E-state index is -1.81. The van der Waals surface area contributed by atoms with Crippen LogP contribution < -0.4 is 10.6 Å². The van der Waals surface area contributed by atoms with E-state index in [4.69, 9.17) is 0 Å². The Morgan fingerprint density at radius 1 is 0.917 bits per heavy atom. The number of anilines is 2. The molecule has 0 radical (unpaired) electrons. The molecule has 1 saturated carbocycles. The molecular formula is C27H25N3O6. The van der Waals surface area contributed by atoms with Crippen LogP contribution in [0.4, 0.5) is 17.1 Å². The minimum absolute atomic E-state index is 0.235. The molecule has 0 aromatic heterocycles. The molecule has 0 heterocycles. The van der Waals surface area contributed by atoms with Crippen molar-refractivity contribution in [1.29, 1.82) is 0 Å². The average Bonchev–Trinajstić information content (AvgIpc) is 2.84. The lowest BCUT2D eigenvalue weighted by atomic mass is 9.61. The highest BCUT2D eigenvalue weighted by Gasteiger charge is 2.56. The molecule has 4 atom stereocenters. The molecule has 1 fully saturated rings. The fourth-order valence-corrected chi connectivity index (χ4v) is 4.82. The predicted molar refractivity (Wildman–Crippen MR) is 133 cm³/mol. The van der Waals surface area contributed by atoms with Crippen LogP contribution in [0, 0.1) is 22.0 Å². The van der Waals surface area contributed by atoms with Crippen LogP contribution in [-0.2, 0) is 14.4 Å². The number of aliphatic hydroxyl groups is 1. The van der Waals surface area contributed by atoms with Crippen molar-refractivity contribution in [3.63, 3.8) is 0 Å². The second kappa shape index (κ2) is 10.1. The molecule has 3 aromatic carbocycles. The molecule has 9 heteroatoms. The quantitative estimate of drug-likeness (QED) is 0.274. The fraction of sp³-hybridized carbons (Fsp3) is 0.222. The van der Waals surface area contributed by atoms with Gasteiger partial charge in [0.15, 0.2) is 0 Å². The van der Waals surface area contributed by atoms with Gasteiger partial charge in [-0.1, -0.05) is 48.5 Å². The van der Waals surface area contributed by atoms with Crippen LogP contribution in [0.2, 0.25) is 0 Å². The van der Waals surface area contributed by atoms with Gasteiger partial charge in [0.25, 0.3) is 5.69 Å². The van der Waals surface area contributed by atoms with Gasteiger partial charge in [0, 0.05) is 35.8 Å². The van der Waals surface area contributed by atoms with Crippen molar-refractivity contribution in [3.05, 3.63) is 101 Å². The first-order valence-corrected chi connectivity index (χ1v) is 11.4. The minimum Gasteiger partial charge on any atom is -0.389 e. The topological polar surface area (TPSA) is 139 Å². The summed E-state index contributed by atoms with van der Waals surface area (Å²) in [6, 6.07) is 22.6. The Morgan fingerprint density at radius 2 is 1.47 bits per heavy atom. The number of amides is 2. The number of carbonyl (C=O) groups is 3. The number of hydrogen-bond acceptors (Lipinski definition) is 6. The first-order valence-electron chi connectivity index (χ1n) is 11.4. The summed E-state index contributed by atoms with van der Waals surface area (Å²) in [5.74, 6) is -5.60. The van der Waals surface area contributed by atoms with E-state index in [1.165, 1.54) is 31.2 Å². The molecule has 0 saturated heterocycles. The number of nitrogens with zero attached hydrogens (tertiary/aromatic N) is 1. The molecule has 3 aromatic rings. The molecule has 184 valence electrons. The highest BCUT2D eigenvalue weighted by atomic mass is 16.6. The van der Waals surface area contributed by atoms with Gasteiger partial charge >= 0.3 is 0 Å². The lowest BCUT2D eigenvalue weighted by molar-refractivity contribution is -0.385. The maximum Gasteiger partial charge on any atom is 0.269 e. The van der Waals surface area contributed by atoms with Gasteiger partial charge in [-0.3, -0.25) is 24.5 Å². The molecule has 4 unspecified atom stereocenters. The maximum atomic E-state index is 13.6. The third-order valence-electron chi connectivity index (χ3n) is 6.38. The molecule has 0 aliphatic heterocycles. The smallest absolute Gasteiger partial charge is 0.269 e. The van der Waals surface area contributed by atoms with Gasteiger partial charge in [0.05, 0.1) is 16.4 Å². The summed E-state index contributed by atoms with van der Waals surface area (Å²) >= 11 is 0. The van der Waals surface area contributed by atoms with Crippen LogP contribution in [0.3, 0.4) is 0 Å². The second-order valence-electron chi connectivity index (χ2n) is 9.04. The van der Waals surface area contributed by atoms with Gasteiger partial charge in [0.2, 0.25) is 11.8 Å². The zero-order chi connectivity index (χ0) is 25.9. The average molecular weight is 488 g/mol. The number of nitro groups is 1. The lowest BCUT2D eigenvalue weighted by Gasteiger charge is -2.44. The normalized spacial score (nSPS) is 23.5. The molecule has 1 aliphatic carbocycles. The van der Waals surface area contributed by atoms with E-state index in [2.05, 4.69) is 10.6 Å². The highest BCUT2D eigenvalue weighted by molar-refractivity contribution is 6.10. The van der Waals surface area contributed by atoms with E-state index in [-0.39, 0.29) is 11.3 Å². The highest BCUT2D eigenvalue weighted by Crippen LogP contribution is 2.47. The van der Waals surface area contributed by atoms with Crippen molar-refractivity contribution in [2.24, 2.45) is 11.8 Å². The summed E-state index contributed by atoms with van der Waals surface area (Å²) < 4.78 is 0. The van der Waals surface area contributed by atoms with E-state index in [1.807, 2.05) is 0 Å². The Kier molecular flexibility index (Phi) is 6.93. The molecule has 36 heavy (non-hydrogen) atoms. The summed E-state index contributed by atoms with van der Waals surface area (Å²) in [7, 11) is 0. The molecular weight excluding hydrogens is 462 g/mol. The molecule has 9 nitrogen and oxygen atoms in total. The van der Waals surface area contributed by atoms with E-state index < -0.39 is 52.3 Å².